The van der Waals surface area contributed by atoms with Crippen LogP contribution in [0.1, 0.15) is 5.56 Å². The molecule has 1 unspecified atom stereocenters. The summed E-state index contributed by atoms with van der Waals surface area (Å²) in [6, 6.07) is 9.55. The molecule has 0 aromatic heterocycles. The number of aliphatic imine (C=N–C) groups is 1. The van der Waals surface area contributed by atoms with Gasteiger partial charge in [0.2, 0.25) is 0 Å². The van der Waals surface area contributed by atoms with Crippen molar-refractivity contribution in [3.8, 4) is 0 Å². The van der Waals surface area contributed by atoms with Crippen LogP contribution in [0.25, 0.3) is 5.76 Å². The Bertz CT molecular complexity index is 421. The maximum absolute atomic E-state index is 11.4. The Morgan fingerprint density at radius 3 is 2.73 bits per heavy atom. The predicted octanol–water partition coefficient (Wildman–Crippen LogP) is 1.90. The van der Waals surface area contributed by atoms with E-state index in [1.54, 1.807) is 19.3 Å². The fourth-order valence-electron chi connectivity index (χ4n) is 1.46. The monoisotopic (exact) mass is 201 g/mol. The molecular formula is C12H11NO2. The third kappa shape index (κ3) is 1.96. The number of carbonyl (C=O) groups excluding carboxylic acids is 1. The van der Waals surface area contributed by atoms with Gasteiger partial charge in [-0.1, -0.05) is 30.3 Å². The minimum absolute atomic E-state index is 0.264. The minimum Gasteiger partial charge on any atom is -0.425 e. The van der Waals surface area contributed by atoms with Gasteiger partial charge in [0.15, 0.2) is 0 Å². The molecule has 0 bridgehead atoms. The first kappa shape index (κ1) is 9.65. The van der Waals surface area contributed by atoms with Crippen molar-refractivity contribution in [3.05, 3.63) is 42.0 Å². The van der Waals surface area contributed by atoms with Gasteiger partial charge in [-0.2, -0.15) is 0 Å². The fourth-order valence-corrected chi connectivity index (χ4v) is 1.46. The molecule has 1 aromatic carbocycles. The maximum atomic E-state index is 11.4. The molecule has 0 fully saturated rings. The van der Waals surface area contributed by atoms with Crippen molar-refractivity contribution in [3.63, 3.8) is 0 Å². The number of esters is 1. The number of nitrogens with zero attached hydrogens (tertiary/aromatic N) is 1. The Balaban J connectivity index is 2.26. The average molecular weight is 201 g/mol. The maximum Gasteiger partial charge on any atom is 0.323 e. The summed E-state index contributed by atoms with van der Waals surface area (Å²) in [6.45, 7) is 0. The van der Waals surface area contributed by atoms with Crippen LogP contribution in [0.5, 0.6) is 0 Å². The Hall–Kier alpha value is -1.90. The molecule has 2 rings (SSSR count). The summed E-state index contributed by atoms with van der Waals surface area (Å²) in [4.78, 5) is 15.2. The molecule has 0 N–H and O–H groups in total. The first-order valence-corrected chi connectivity index (χ1v) is 4.72. The van der Waals surface area contributed by atoms with E-state index < -0.39 is 0 Å². The van der Waals surface area contributed by atoms with Gasteiger partial charge in [-0.15, -0.1) is 0 Å². The van der Waals surface area contributed by atoms with Crippen LogP contribution in [-0.2, 0) is 9.53 Å². The molecule has 0 saturated carbocycles. The average Bonchev–Trinajstić information content (AvgIpc) is 2.63. The van der Waals surface area contributed by atoms with Gasteiger partial charge in [-0.25, -0.2) is 0 Å². The Labute approximate surface area is 88.1 Å². The summed E-state index contributed by atoms with van der Waals surface area (Å²) in [7, 11) is 1.64. The lowest BCUT2D eigenvalue weighted by atomic mass is 10.1. The topological polar surface area (TPSA) is 38.7 Å². The van der Waals surface area contributed by atoms with Crippen LogP contribution in [0.2, 0.25) is 0 Å². The third-order valence-electron chi connectivity index (χ3n) is 2.18. The number of rotatable bonds is 2. The molecule has 15 heavy (non-hydrogen) atoms. The van der Waals surface area contributed by atoms with Crippen LogP contribution in [0.4, 0.5) is 0 Å². The molecule has 1 atom stereocenters. The van der Waals surface area contributed by atoms with Crippen molar-refractivity contribution in [1.29, 1.82) is 0 Å². The molecule has 76 valence electrons. The summed E-state index contributed by atoms with van der Waals surface area (Å²) >= 11 is 0. The number of benzene rings is 1. The Morgan fingerprint density at radius 1 is 1.33 bits per heavy atom. The highest BCUT2D eigenvalue weighted by molar-refractivity contribution is 5.99. The standard InChI is InChI=1S/C12H11NO2/c1-13-8-10-7-11(15-12(10)14)9-5-3-2-4-6-9/h2-8,10H,1H3. The second-order valence-electron chi connectivity index (χ2n) is 3.25. The first-order chi connectivity index (χ1) is 7.31. The molecule has 1 heterocycles. The van der Waals surface area contributed by atoms with Gasteiger partial charge in [0.05, 0.1) is 0 Å². The number of ether oxygens (including phenoxy) is 1. The lowest BCUT2D eigenvalue weighted by Gasteiger charge is -2.00. The number of hydrogen-bond acceptors (Lipinski definition) is 3. The van der Waals surface area contributed by atoms with E-state index in [1.165, 1.54) is 0 Å². The van der Waals surface area contributed by atoms with E-state index in [0.717, 1.165) is 5.56 Å². The zero-order valence-corrected chi connectivity index (χ0v) is 8.38. The molecule has 1 aromatic rings. The highest BCUT2D eigenvalue weighted by atomic mass is 16.5. The van der Waals surface area contributed by atoms with Crippen molar-refractivity contribution >= 4 is 17.9 Å². The van der Waals surface area contributed by atoms with Gasteiger partial charge in [0, 0.05) is 18.8 Å². The number of cyclic esters (lactones) is 1. The van der Waals surface area contributed by atoms with Crippen LogP contribution in [0.3, 0.4) is 0 Å². The second-order valence-corrected chi connectivity index (χ2v) is 3.25. The van der Waals surface area contributed by atoms with Gasteiger partial charge in [-0.05, 0) is 6.08 Å². The molecule has 0 radical (unpaired) electrons. The van der Waals surface area contributed by atoms with E-state index in [4.69, 9.17) is 4.74 Å². The van der Waals surface area contributed by atoms with E-state index in [2.05, 4.69) is 4.99 Å². The van der Waals surface area contributed by atoms with Crippen LogP contribution in [0, 0.1) is 5.92 Å². The van der Waals surface area contributed by atoms with E-state index in [0.29, 0.717) is 5.76 Å². The van der Waals surface area contributed by atoms with Gasteiger partial charge >= 0.3 is 5.97 Å². The van der Waals surface area contributed by atoms with Gasteiger partial charge in [0.25, 0.3) is 0 Å². The van der Waals surface area contributed by atoms with Crippen LogP contribution >= 0.6 is 0 Å². The molecule has 3 nitrogen and oxygen atoms in total. The zero-order valence-electron chi connectivity index (χ0n) is 8.38. The normalized spacial score (nSPS) is 20.5. The highest BCUT2D eigenvalue weighted by Crippen LogP contribution is 2.25. The lowest BCUT2D eigenvalue weighted by molar-refractivity contribution is -0.135. The third-order valence-corrected chi connectivity index (χ3v) is 2.18. The number of carbonyl (C=O) groups is 1. The molecule has 1 aliphatic heterocycles. The van der Waals surface area contributed by atoms with E-state index in [-0.39, 0.29) is 11.9 Å². The summed E-state index contributed by atoms with van der Waals surface area (Å²) < 4.78 is 5.14. The van der Waals surface area contributed by atoms with Crippen molar-refractivity contribution in [1.82, 2.24) is 0 Å². The highest BCUT2D eigenvalue weighted by Gasteiger charge is 2.25. The summed E-state index contributed by atoms with van der Waals surface area (Å²) in [6.07, 6.45) is 3.36. The molecule has 0 aliphatic carbocycles. The molecule has 0 saturated heterocycles. The summed E-state index contributed by atoms with van der Waals surface area (Å²) in [5.41, 5.74) is 0.915. The summed E-state index contributed by atoms with van der Waals surface area (Å²) in [5, 5.41) is 0. The van der Waals surface area contributed by atoms with Crippen molar-refractivity contribution in [2.75, 3.05) is 7.05 Å². The van der Waals surface area contributed by atoms with Crippen LogP contribution < -0.4 is 0 Å². The molecule has 1 aliphatic rings. The molecule has 0 spiro atoms. The quantitative estimate of drug-likeness (QED) is 0.541. The van der Waals surface area contributed by atoms with E-state index in [9.17, 15) is 4.79 Å². The second kappa shape index (κ2) is 4.09. The van der Waals surface area contributed by atoms with E-state index in [1.807, 2.05) is 30.3 Å². The fraction of sp³-hybridized carbons (Fsp3) is 0.167. The van der Waals surface area contributed by atoms with E-state index >= 15 is 0 Å². The van der Waals surface area contributed by atoms with Gasteiger partial charge in [-0.3, -0.25) is 9.79 Å². The van der Waals surface area contributed by atoms with Gasteiger partial charge in [0.1, 0.15) is 11.7 Å². The SMILES string of the molecule is CN=CC1C=C(c2ccccc2)OC1=O. The number of hydrogen-bond donors (Lipinski definition) is 0. The van der Waals surface area contributed by atoms with Gasteiger partial charge < -0.3 is 4.74 Å². The minimum atomic E-state index is -0.342. The lowest BCUT2D eigenvalue weighted by Crippen LogP contribution is -2.09. The summed E-state index contributed by atoms with van der Waals surface area (Å²) in [5.74, 6) is 0.00941. The smallest absolute Gasteiger partial charge is 0.323 e. The van der Waals surface area contributed by atoms with Crippen LogP contribution in [0.15, 0.2) is 41.4 Å². The van der Waals surface area contributed by atoms with Crippen molar-refractivity contribution in [2.24, 2.45) is 10.9 Å². The molecular weight excluding hydrogens is 190 g/mol. The molecule has 0 amide bonds. The van der Waals surface area contributed by atoms with Crippen LogP contribution in [-0.4, -0.2) is 19.2 Å². The van der Waals surface area contributed by atoms with Crippen molar-refractivity contribution in [2.45, 2.75) is 0 Å². The largest absolute Gasteiger partial charge is 0.425 e. The Kier molecular flexibility index (Phi) is 2.63. The van der Waals surface area contributed by atoms with Crippen molar-refractivity contribution < 1.29 is 9.53 Å². The molecule has 3 heteroatoms. The zero-order chi connectivity index (χ0) is 10.7. The first-order valence-electron chi connectivity index (χ1n) is 4.72. The predicted molar refractivity (Wildman–Crippen MR) is 58.4 cm³/mol. The Morgan fingerprint density at radius 2 is 2.07 bits per heavy atom.